The van der Waals surface area contributed by atoms with E-state index in [-0.39, 0.29) is 37.7 Å². The first-order valence-corrected chi connectivity index (χ1v) is 8.59. The Bertz CT molecular complexity index is 789. The Morgan fingerprint density at radius 1 is 1.04 bits per heavy atom. The molecule has 2 aromatic heterocycles. The van der Waals surface area contributed by atoms with Crippen molar-refractivity contribution in [2.24, 2.45) is 5.41 Å². The van der Waals surface area contributed by atoms with Crippen LogP contribution in [0.5, 0.6) is 0 Å². The van der Waals surface area contributed by atoms with Gasteiger partial charge in [-0.25, -0.2) is 13.8 Å². The van der Waals surface area contributed by atoms with Gasteiger partial charge in [0.1, 0.15) is 5.69 Å². The summed E-state index contributed by atoms with van der Waals surface area (Å²) in [5, 5.41) is 0. The minimum Gasteiger partial charge on any atom is -0.369 e. The molecule has 0 aliphatic carbocycles. The molecule has 8 heteroatoms. The molecule has 2 aliphatic heterocycles. The van der Waals surface area contributed by atoms with Crippen molar-refractivity contribution < 1.29 is 13.6 Å². The Labute approximate surface area is 149 Å². The lowest BCUT2D eigenvalue weighted by Gasteiger charge is -2.45. The first-order valence-electron chi connectivity index (χ1n) is 8.59. The molecule has 0 bridgehead atoms. The molecule has 2 aromatic rings. The summed E-state index contributed by atoms with van der Waals surface area (Å²) in [5.74, 6) is -3.16. The second kappa shape index (κ2) is 6.26. The van der Waals surface area contributed by atoms with Crippen LogP contribution in [0.2, 0.25) is 0 Å². The van der Waals surface area contributed by atoms with E-state index in [1.54, 1.807) is 18.5 Å². The van der Waals surface area contributed by atoms with Crippen molar-refractivity contribution in [2.75, 3.05) is 31.1 Å². The maximum absolute atomic E-state index is 14.9. The Hall–Kier alpha value is -2.64. The zero-order valence-electron chi connectivity index (χ0n) is 14.2. The SMILES string of the molecule is O=C(c1cnccn1)N1CCC(F)(F)[C@]2(CCN(c3cccnc3)C2)C1. The number of alkyl halides is 2. The largest absolute Gasteiger partial charge is 0.369 e. The van der Waals surface area contributed by atoms with Crippen LogP contribution in [0.4, 0.5) is 14.5 Å². The van der Waals surface area contributed by atoms with Crippen molar-refractivity contribution in [3.8, 4) is 0 Å². The Morgan fingerprint density at radius 3 is 2.62 bits per heavy atom. The van der Waals surface area contributed by atoms with Gasteiger partial charge in [-0.3, -0.25) is 14.8 Å². The quantitative estimate of drug-likeness (QED) is 0.823. The summed E-state index contributed by atoms with van der Waals surface area (Å²) < 4.78 is 29.8. The standard InChI is InChI=1S/C18H19F2N5O/c19-18(20)4-9-25(16(26)15-11-22-6-7-23-15)13-17(18)3-8-24(12-17)14-2-1-5-21-10-14/h1-2,5-7,10-11H,3-4,8-9,12-13H2/t17-/m0/s1. The molecule has 1 spiro atoms. The van der Waals surface area contributed by atoms with Crippen molar-refractivity contribution in [1.29, 1.82) is 0 Å². The molecule has 2 saturated heterocycles. The topological polar surface area (TPSA) is 62.2 Å². The van der Waals surface area contributed by atoms with Crippen molar-refractivity contribution in [2.45, 2.75) is 18.8 Å². The van der Waals surface area contributed by atoms with E-state index in [4.69, 9.17) is 0 Å². The summed E-state index contributed by atoms with van der Waals surface area (Å²) in [5.41, 5.74) is -0.230. The second-order valence-electron chi connectivity index (χ2n) is 6.93. The highest BCUT2D eigenvalue weighted by Crippen LogP contribution is 2.50. The van der Waals surface area contributed by atoms with Gasteiger partial charge in [0.2, 0.25) is 0 Å². The van der Waals surface area contributed by atoms with E-state index in [2.05, 4.69) is 15.0 Å². The number of amides is 1. The normalized spacial score (nSPS) is 24.8. The Morgan fingerprint density at radius 2 is 1.88 bits per heavy atom. The number of halogens is 2. The molecule has 2 fully saturated rings. The molecule has 26 heavy (non-hydrogen) atoms. The molecular weight excluding hydrogens is 340 g/mol. The molecule has 0 radical (unpaired) electrons. The van der Waals surface area contributed by atoms with Gasteiger partial charge in [0.15, 0.2) is 0 Å². The number of anilines is 1. The van der Waals surface area contributed by atoms with Crippen LogP contribution in [-0.2, 0) is 0 Å². The number of pyridine rings is 1. The first-order chi connectivity index (χ1) is 12.5. The van der Waals surface area contributed by atoms with Gasteiger partial charge < -0.3 is 9.80 Å². The summed E-state index contributed by atoms with van der Waals surface area (Å²) in [4.78, 5) is 28.1. The smallest absolute Gasteiger partial charge is 0.274 e. The van der Waals surface area contributed by atoms with Gasteiger partial charge in [0, 0.05) is 51.2 Å². The number of hydrogen-bond acceptors (Lipinski definition) is 5. The van der Waals surface area contributed by atoms with Crippen LogP contribution >= 0.6 is 0 Å². The van der Waals surface area contributed by atoms with Crippen LogP contribution in [0, 0.1) is 5.41 Å². The predicted molar refractivity (Wildman–Crippen MR) is 91.0 cm³/mol. The van der Waals surface area contributed by atoms with Gasteiger partial charge in [0.05, 0.1) is 23.5 Å². The highest BCUT2D eigenvalue weighted by molar-refractivity contribution is 5.92. The van der Waals surface area contributed by atoms with Crippen LogP contribution in [0.15, 0.2) is 43.1 Å². The van der Waals surface area contributed by atoms with Gasteiger partial charge in [-0.15, -0.1) is 0 Å². The highest BCUT2D eigenvalue weighted by Gasteiger charge is 2.60. The number of likely N-dealkylation sites (tertiary alicyclic amines) is 1. The number of rotatable bonds is 2. The van der Waals surface area contributed by atoms with Crippen LogP contribution in [-0.4, -0.2) is 57.9 Å². The fourth-order valence-electron chi connectivity index (χ4n) is 3.91. The lowest BCUT2D eigenvalue weighted by atomic mass is 9.75. The van der Waals surface area contributed by atoms with E-state index in [1.165, 1.54) is 23.5 Å². The predicted octanol–water partition coefficient (Wildman–Crippen LogP) is 2.25. The van der Waals surface area contributed by atoms with E-state index < -0.39 is 11.3 Å². The molecule has 4 heterocycles. The maximum Gasteiger partial charge on any atom is 0.274 e. The third kappa shape index (κ3) is 2.79. The average molecular weight is 359 g/mol. The van der Waals surface area contributed by atoms with Crippen LogP contribution in [0.3, 0.4) is 0 Å². The van der Waals surface area contributed by atoms with E-state index in [9.17, 15) is 13.6 Å². The van der Waals surface area contributed by atoms with Gasteiger partial charge in [-0.1, -0.05) is 0 Å². The molecule has 2 aliphatic rings. The first kappa shape index (κ1) is 16.8. The Balaban J connectivity index is 1.57. The molecule has 4 rings (SSSR count). The molecule has 1 atom stereocenters. The number of aromatic nitrogens is 3. The molecule has 0 aromatic carbocycles. The summed E-state index contributed by atoms with van der Waals surface area (Å²) >= 11 is 0. The number of hydrogen-bond donors (Lipinski definition) is 0. The zero-order valence-corrected chi connectivity index (χ0v) is 14.2. The molecule has 6 nitrogen and oxygen atoms in total. The van der Waals surface area contributed by atoms with E-state index in [0.717, 1.165) is 5.69 Å². The van der Waals surface area contributed by atoms with Gasteiger partial charge in [0.25, 0.3) is 11.8 Å². The fraction of sp³-hybridized carbons (Fsp3) is 0.444. The molecule has 0 saturated carbocycles. The molecule has 136 valence electrons. The molecule has 0 N–H and O–H groups in total. The highest BCUT2D eigenvalue weighted by atomic mass is 19.3. The maximum atomic E-state index is 14.9. The number of piperidine rings is 1. The monoisotopic (exact) mass is 359 g/mol. The van der Waals surface area contributed by atoms with E-state index >= 15 is 0 Å². The second-order valence-corrected chi connectivity index (χ2v) is 6.93. The zero-order chi connectivity index (χ0) is 18.2. The molecule has 0 unspecified atom stereocenters. The molecular formula is C18H19F2N5O. The van der Waals surface area contributed by atoms with Crippen molar-refractivity contribution in [3.63, 3.8) is 0 Å². The Kier molecular flexibility index (Phi) is 4.05. The van der Waals surface area contributed by atoms with Gasteiger partial charge >= 0.3 is 0 Å². The van der Waals surface area contributed by atoms with Crippen molar-refractivity contribution in [3.05, 3.63) is 48.8 Å². The number of carbonyl (C=O) groups excluding carboxylic acids is 1. The third-order valence-corrected chi connectivity index (χ3v) is 5.40. The third-order valence-electron chi connectivity index (χ3n) is 5.40. The van der Waals surface area contributed by atoms with Gasteiger partial charge in [-0.05, 0) is 18.6 Å². The van der Waals surface area contributed by atoms with Crippen molar-refractivity contribution in [1.82, 2.24) is 19.9 Å². The summed E-state index contributed by atoms with van der Waals surface area (Å²) in [7, 11) is 0. The number of nitrogens with zero attached hydrogens (tertiary/aromatic N) is 5. The van der Waals surface area contributed by atoms with E-state index in [1.807, 2.05) is 11.0 Å². The minimum absolute atomic E-state index is 0.0200. The lowest BCUT2D eigenvalue weighted by molar-refractivity contribution is -0.150. The fourth-order valence-corrected chi connectivity index (χ4v) is 3.91. The van der Waals surface area contributed by atoms with Crippen LogP contribution in [0.1, 0.15) is 23.3 Å². The summed E-state index contributed by atoms with van der Waals surface area (Å²) in [6, 6.07) is 3.67. The van der Waals surface area contributed by atoms with Gasteiger partial charge in [-0.2, -0.15) is 0 Å². The summed E-state index contributed by atoms with van der Waals surface area (Å²) in [6.45, 7) is 0.771. The number of carbonyl (C=O) groups is 1. The van der Waals surface area contributed by atoms with Crippen LogP contribution in [0.25, 0.3) is 0 Å². The molecule has 1 amide bonds. The lowest BCUT2D eigenvalue weighted by Crippen LogP contribution is -2.58. The van der Waals surface area contributed by atoms with Crippen LogP contribution < -0.4 is 4.90 Å². The average Bonchev–Trinajstić information content (AvgIpc) is 3.11. The van der Waals surface area contributed by atoms with Crippen molar-refractivity contribution >= 4 is 11.6 Å². The van der Waals surface area contributed by atoms with E-state index in [0.29, 0.717) is 13.0 Å². The summed E-state index contributed by atoms with van der Waals surface area (Å²) in [6.07, 6.45) is 7.62. The minimum atomic E-state index is -2.82.